The van der Waals surface area contributed by atoms with Crippen LogP contribution in [0.25, 0.3) is 10.6 Å². The molecule has 0 spiro atoms. The molecule has 1 amide bonds. The molecule has 0 bridgehead atoms. The molecule has 2 aromatic rings. The van der Waals surface area contributed by atoms with E-state index in [1.807, 2.05) is 38.1 Å². The first-order valence-electron chi connectivity index (χ1n) is 7.01. The Balaban J connectivity index is 2.22. The molecule has 0 aliphatic rings. The first-order valence-corrected chi connectivity index (χ1v) is 7.89. The third kappa shape index (κ3) is 4.39. The Labute approximate surface area is 133 Å². The maximum absolute atomic E-state index is 12.0. The molecule has 6 heteroatoms. The molecule has 0 radical (unpaired) electrons. The summed E-state index contributed by atoms with van der Waals surface area (Å²) in [6.07, 6.45) is 0.356. The van der Waals surface area contributed by atoms with E-state index in [1.165, 1.54) is 11.3 Å². The highest BCUT2D eigenvalue weighted by Crippen LogP contribution is 2.30. The van der Waals surface area contributed by atoms with E-state index >= 15 is 0 Å². The minimum Gasteiger partial charge on any atom is -0.481 e. The number of aliphatic carboxylic acids is 1. The Bertz CT molecular complexity index is 680. The summed E-state index contributed by atoms with van der Waals surface area (Å²) in [5, 5.41) is 14.2. The largest absolute Gasteiger partial charge is 0.481 e. The minimum atomic E-state index is -0.907. The van der Waals surface area contributed by atoms with Crippen molar-refractivity contribution in [3.8, 4) is 10.6 Å². The summed E-state index contributed by atoms with van der Waals surface area (Å²) in [7, 11) is 0. The van der Waals surface area contributed by atoms with Gasteiger partial charge in [0.05, 0.1) is 17.8 Å². The number of amides is 1. The van der Waals surface area contributed by atoms with Gasteiger partial charge in [-0.15, -0.1) is 11.3 Å². The number of carbonyl (C=O) groups excluding carboxylic acids is 1. The van der Waals surface area contributed by atoms with Crippen molar-refractivity contribution in [3.63, 3.8) is 0 Å². The van der Waals surface area contributed by atoms with Crippen molar-refractivity contribution in [2.45, 2.75) is 26.7 Å². The van der Waals surface area contributed by atoms with Gasteiger partial charge in [0, 0.05) is 17.4 Å². The predicted octanol–water partition coefficient (Wildman–Crippen LogP) is 3.42. The van der Waals surface area contributed by atoms with Crippen LogP contribution in [0.15, 0.2) is 29.6 Å². The highest BCUT2D eigenvalue weighted by atomic mass is 32.1. The predicted molar refractivity (Wildman–Crippen MR) is 87.0 cm³/mol. The van der Waals surface area contributed by atoms with Gasteiger partial charge in [0.15, 0.2) is 0 Å². The van der Waals surface area contributed by atoms with Crippen molar-refractivity contribution in [3.05, 3.63) is 35.3 Å². The molecule has 1 heterocycles. The van der Waals surface area contributed by atoms with Crippen LogP contribution in [0.5, 0.6) is 0 Å². The molecule has 0 aliphatic heterocycles. The molecule has 0 saturated heterocycles. The van der Waals surface area contributed by atoms with E-state index in [1.54, 1.807) is 5.38 Å². The summed E-state index contributed by atoms with van der Waals surface area (Å²) in [4.78, 5) is 27.0. The zero-order valence-electron chi connectivity index (χ0n) is 12.5. The van der Waals surface area contributed by atoms with Crippen LogP contribution in [0.3, 0.4) is 0 Å². The molecule has 22 heavy (non-hydrogen) atoms. The highest BCUT2D eigenvalue weighted by molar-refractivity contribution is 7.13. The number of hydrogen-bond acceptors (Lipinski definition) is 4. The maximum atomic E-state index is 12.0. The van der Waals surface area contributed by atoms with Crippen molar-refractivity contribution in [2.75, 3.05) is 5.32 Å². The standard InChI is InChI=1S/C16H18N2O3S/c1-10(2)7-14(19)18-13-6-4-3-5-12(13)16-17-11(9-22-16)8-15(20)21/h3-6,9-10H,7-8H2,1-2H3,(H,18,19)(H,20,21). The molecule has 0 aliphatic carbocycles. The summed E-state index contributed by atoms with van der Waals surface area (Å²) in [6, 6.07) is 7.41. The van der Waals surface area contributed by atoms with Gasteiger partial charge in [-0.25, -0.2) is 4.98 Å². The first-order chi connectivity index (χ1) is 10.5. The molecule has 116 valence electrons. The summed E-state index contributed by atoms with van der Waals surface area (Å²) in [5.41, 5.74) is 2.03. The molecule has 1 aromatic carbocycles. The number of aromatic nitrogens is 1. The van der Waals surface area contributed by atoms with Crippen molar-refractivity contribution in [2.24, 2.45) is 5.92 Å². The van der Waals surface area contributed by atoms with Gasteiger partial charge < -0.3 is 10.4 Å². The third-order valence-electron chi connectivity index (χ3n) is 2.91. The van der Waals surface area contributed by atoms with E-state index in [2.05, 4.69) is 10.3 Å². The number of para-hydroxylation sites is 1. The second-order valence-electron chi connectivity index (χ2n) is 5.41. The van der Waals surface area contributed by atoms with E-state index in [0.717, 1.165) is 5.56 Å². The summed E-state index contributed by atoms with van der Waals surface area (Å²) < 4.78 is 0. The first kappa shape index (κ1) is 16.2. The van der Waals surface area contributed by atoms with Crippen LogP contribution in [0.4, 0.5) is 5.69 Å². The lowest BCUT2D eigenvalue weighted by Gasteiger charge is -2.10. The zero-order valence-corrected chi connectivity index (χ0v) is 13.3. The van der Waals surface area contributed by atoms with E-state index in [-0.39, 0.29) is 18.2 Å². The van der Waals surface area contributed by atoms with E-state index in [4.69, 9.17) is 5.11 Å². The SMILES string of the molecule is CC(C)CC(=O)Nc1ccccc1-c1nc(CC(=O)O)cs1. The van der Waals surface area contributed by atoms with Crippen LogP contribution in [-0.2, 0) is 16.0 Å². The van der Waals surface area contributed by atoms with E-state index < -0.39 is 5.97 Å². The fourth-order valence-corrected chi connectivity index (χ4v) is 2.88. The Morgan fingerprint density at radius 1 is 1.32 bits per heavy atom. The fourth-order valence-electron chi connectivity index (χ4n) is 2.02. The number of nitrogens with zero attached hydrogens (tertiary/aromatic N) is 1. The van der Waals surface area contributed by atoms with Crippen LogP contribution in [0.2, 0.25) is 0 Å². The molecular weight excluding hydrogens is 300 g/mol. The van der Waals surface area contributed by atoms with Gasteiger partial charge in [-0.1, -0.05) is 26.0 Å². The number of carbonyl (C=O) groups is 2. The van der Waals surface area contributed by atoms with Crippen LogP contribution < -0.4 is 5.32 Å². The number of rotatable bonds is 6. The van der Waals surface area contributed by atoms with Gasteiger partial charge in [0.1, 0.15) is 5.01 Å². The normalized spacial score (nSPS) is 10.7. The minimum absolute atomic E-state index is 0.0373. The van der Waals surface area contributed by atoms with Gasteiger partial charge in [-0.2, -0.15) is 0 Å². The number of carboxylic acid groups (broad SMARTS) is 1. The molecule has 0 fully saturated rings. The molecule has 0 atom stereocenters. The molecule has 2 N–H and O–H groups in total. The molecule has 1 aromatic heterocycles. The maximum Gasteiger partial charge on any atom is 0.309 e. The van der Waals surface area contributed by atoms with Crippen LogP contribution in [0, 0.1) is 5.92 Å². The van der Waals surface area contributed by atoms with Gasteiger partial charge in [-0.3, -0.25) is 9.59 Å². The van der Waals surface area contributed by atoms with Gasteiger partial charge >= 0.3 is 5.97 Å². The molecule has 2 rings (SSSR count). The summed E-state index contributed by atoms with van der Waals surface area (Å²) in [5.74, 6) is -0.658. The second kappa shape index (κ2) is 7.17. The van der Waals surface area contributed by atoms with Gasteiger partial charge in [0.2, 0.25) is 5.91 Å². The van der Waals surface area contributed by atoms with Crippen molar-refractivity contribution in [1.29, 1.82) is 0 Å². The lowest BCUT2D eigenvalue weighted by molar-refractivity contribution is -0.136. The molecular formula is C16H18N2O3S. The quantitative estimate of drug-likeness (QED) is 0.855. The van der Waals surface area contributed by atoms with Gasteiger partial charge in [0.25, 0.3) is 0 Å². The summed E-state index contributed by atoms with van der Waals surface area (Å²) in [6.45, 7) is 3.98. The number of anilines is 1. The lowest BCUT2D eigenvalue weighted by atomic mass is 10.1. The molecule has 0 unspecified atom stereocenters. The molecule has 0 saturated carbocycles. The number of benzene rings is 1. The van der Waals surface area contributed by atoms with E-state index in [9.17, 15) is 9.59 Å². The number of carboxylic acids is 1. The van der Waals surface area contributed by atoms with E-state index in [0.29, 0.717) is 22.8 Å². The van der Waals surface area contributed by atoms with Crippen molar-refractivity contribution >= 4 is 28.9 Å². The average Bonchev–Trinajstić information content (AvgIpc) is 2.85. The fraction of sp³-hybridized carbons (Fsp3) is 0.312. The monoisotopic (exact) mass is 318 g/mol. The number of nitrogens with one attached hydrogen (secondary N) is 1. The van der Waals surface area contributed by atoms with Gasteiger partial charge in [-0.05, 0) is 18.1 Å². The van der Waals surface area contributed by atoms with Crippen molar-refractivity contribution < 1.29 is 14.7 Å². The van der Waals surface area contributed by atoms with Crippen LogP contribution in [0.1, 0.15) is 26.0 Å². The third-order valence-corrected chi connectivity index (χ3v) is 3.83. The van der Waals surface area contributed by atoms with Crippen LogP contribution in [-0.4, -0.2) is 22.0 Å². The lowest BCUT2D eigenvalue weighted by Crippen LogP contribution is -2.14. The average molecular weight is 318 g/mol. The zero-order chi connectivity index (χ0) is 16.1. The van der Waals surface area contributed by atoms with Crippen LogP contribution >= 0.6 is 11.3 Å². The number of thiazole rings is 1. The smallest absolute Gasteiger partial charge is 0.309 e. The topological polar surface area (TPSA) is 79.3 Å². The Morgan fingerprint density at radius 3 is 2.73 bits per heavy atom. The van der Waals surface area contributed by atoms with Crippen molar-refractivity contribution in [1.82, 2.24) is 4.98 Å². The Hall–Kier alpha value is -2.21. The highest BCUT2D eigenvalue weighted by Gasteiger charge is 2.13. The summed E-state index contributed by atoms with van der Waals surface area (Å²) >= 11 is 1.37. The Morgan fingerprint density at radius 2 is 2.05 bits per heavy atom. The Kier molecular flexibility index (Phi) is 5.27. The number of hydrogen-bond donors (Lipinski definition) is 2. The second-order valence-corrected chi connectivity index (χ2v) is 6.26. The molecule has 5 nitrogen and oxygen atoms in total.